The van der Waals surface area contributed by atoms with E-state index in [4.69, 9.17) is 4.74 Å². The van der Waals surface area contributed by atoms with Crippen LogP contribution < -0.4 is 5.32 Å². The van der Waals surface area contributed by atoms with Crippen LogP contribution in [0.5, 0.6) is 0 Å². The molecule has 0 aromatic carbocycles. The van der Waals surface area contributed by atoms with E-state index in [-0.39, 0.29) is 5.60 Å². The maximum atomic E-state index is 5.57. The number of hydrogen-bond acceptors (Lipinski definition) is 2. The zero-order chi connectivity index (χ0) is 10.3. The van der Waals surface area contributed by atoms with Crippen molar-refractivity contribution < 1.29 is 4.74 Å². The lowest BCUT2D eigenvalue weighted by molar-refractivity contribution is -0.00145. The molecule has 2 heteroatoms. The van der Waals surface area contributed by atoms with Crippen molar-refractivity contribution in [1.29, 1.82) is 0 Å². The highest BCUT2D eigenvalue weighted by atomic mass is 16.5. The molecule has 78 valence electrons. The van der Waals surface area contributed by atoms with Crippen LogP contribution in [0, 0.1) is 0 Å². The minimum Gasteiger partial charge on any atom is -0.375 e. The Bertz CT molecular complexity index is 138. The first-order valence-electron chi connectivity index (χ1n) is 4.94. The first-order valence-corrected chi connectivity index (χ1v) is 4.94. The molecule has 1 unspecified atom stereocenters. The van der Waals surface area contributed by atoms with Crippen molar-refractivity contribution in [2.75, 3.05) is 13.2 Å². The van der Waals surface area contributed by atoms with E-state index in [0.717, 1.165) is 19.6 Å². The van der Waals surface area contributed by atoms with Crippen LogP contribution >= 0.6 is 0 Å². The molecular formula is C11H23NO. The van der Waals surface area contributed by atoms with Crippen LogP contribution in [0.25, 0.3) is 0 Å². The van der Waals surface area contributed by atoms with Crippen molar-refractivity contribution in [3.05, 3.63) is 12.7 Å². The maximum Gasteiger partial charge on any atom is 0.0599 e. The summed E-state index contributed by atoms with van der Waals surface area (Å²) in [5, 5.41) is 3.36. The highest BCUT2D eigenvalue weighted by Gasteiger charge is 2.09. The molecule has 0 spiro atoms. The summed E-state index contributed by atoms with van der Waals surface area (Å²) in [6.45, 7) is 13.7. The summed E-state index contributed by atoms with van der Waals surface area (Å²) in [6, 6.07) is 0.501. The lowest BCUT2D eigenvalue weighted by Crippen LogP contribution is -2.31. The summed E-state index contributed by atoms with van der Waals surface area (Å²) in [4.78, 5) is 0. The van der Waals surface area contributed by atoms with Gasteiger partial charge in [0.05, 0.1) is 12.2 Å². The van der Waals surface area contributed by atoms with Crippen molar-refractivity contribution in [2.45, 2.75) is 45.8 Å². The monoisotopic (exact) mass is 185 g/mol. The Morgan fingerprint density at radius 1 is 1.46 bits per heavy atom. The minimum atomic E-state index is -0.0244. The molecule has 0 bridgehead atoms. The maximum absolute atomic E-state index is 5.57. The molecule has 1 N–H and O–H groups in total. The summed E-state index contributed by atoms with van der Waals surface area (Å²) < 4.78 is 5.57. The van der Waals surface area contributed by atoms with Crippen LogP contribution in [0.4, 0.5) is 0 Å². The second-order valence-electron chi connectivity index (χ2n) is 4.34. The number of ether oxygens (including phenoxy) is 1. The molecule has 0 amide bonds. The Balaban J connectivity index is 3.30. The van der Waals surface area contributed by atoms with Crippen LogP contribution in [0.15, 0.2) is 12.7 Å². The van der Waals surface area contributed by atoms with Gasteiger partial charge in [-0.05, 0) is 34.1 Å². The second kappa shape index (κ2) is 6.17. The molecule has 0 heterocycles. The van der Waals surface area contributed by atoms with Crippen LogP contribution in [-0.2, 0) is 4.74 Å². The summed E-state index contributed by atoms with van der Waals surface area (Å²) in [7, 11) is 0. The number of hydrogen-bond donors (Lipinski definition) is 1. The third kappa shape index (κ3) is 9.57. The van der Waals surface area contributed by atoms with Crippen molar-refractivity contribution in [3.8, 4) is 0 Å². The van der Waals surface area contributed by atoms with E-state index < -0.39 is 0 Å². The Morgan fingerprint density at radius 3 is 2.54 bits per heavy atom. The zero-order valence-corrected chi connectivity index (χ0v) is 9.39. The Hall–Kier alpha value is -0.340. The predicted octanol–water partition coefficient (Wildman–Crippen LogP) is 2.36. The molecule has 0 aliphatic heterocycles. The lowest BCUT2D eigenvalue weighted by atomic mass is 10.2. The topological polar surface area (TPSA) is 21.3 Å². The van der Waals surface area contributed by atoms with Gasteiger partial charge in [0, 0.05) is 12.6 Å². The van der Waals surface area contributed by atoms with Gasteiger partial charge in [0.2, 0.25) is 0 Å². The molecule has 0 saturated heterocycles. The predicted molar refractivity (Wildman–Crippen MR) is 58.0 cm³/mol. The minimum absolute atomic E-state index is 0.0244. The van der Waals surface area contributed by atoms with Gasteiger partial charge in [-0.2, -0.15) is 0 Å². The Morgan fingerprint density at radius 2 is 2.08 bits per heavy atom. The number of nitrogens with one attached hydrogen (secondary N) is 1. The van der Waals surface area contributed by atoms with Gasteiger partial charge in [-0.25, -0.2) is 0 Å². The van der Waals surface area contributed by atoms with Crippen molar-refractivity contribution in [3.63, 3.8) is 0 Å². The first kappa shape index (κ1) is 12.7. The van der Waals surface area contributed by atoms with Gasteiger partial charge in [0.15, 0.2) is 0 Å². The van der Waals surface area contributed by atoms with Gasteiger partial charge in [0.1, 0.15) is 0 Å². The van der Waals surface area contributed by atoms with Gasteiger partial charge in [-0.1, -0.05) is 6.08 Å². The van der Waals surface area contributed by atoms with E-state index in [1.54, 1.807) is 0 Å². The summed E-state index contributed by atoms with van der Waals surface area (Å²) in [6.07, 6.45) is 2.94. The molecule has 2 nitrogen and oxygen atoms in total. The largest absolute Gasteiger partial charge is 0.375 e. The van der Waals surface area contributed by atoms with Gasteiger partial charge in [-0.3, -0.25) is 0 Å². The van der Waals surface area contributed by atoms with Crippen LogP contribution in [-0.4, -0.2) is 24.8 Å². The fraction of sp³-hybridized carbons (Fsp3) is 0.818. The van der Waals surface area contributed by atoms with E-state index in [0.29, 0.717) is 6.04 Å². The average Bonchev–Trinajstić information content (AvgIpc) is 1.97. The normalized spacial score (nSPS) is 14.2. The van der Waals surface area contributed by atoms with E-state index in [2.05, 4.69) is 39.6 Å². The lowest BCUT2D eigenvalue weighted by Gasteiger charge is -2.20. The van der Waals surface area contributed by atoms with Gasteiger partial charge < -0.3 is 10.1 Å². The van der Waals surface area contributed by atoms with Gasteiger partial charge in [-0.15, -0.1) is 6.58 Å². The van der Waals surface area contributed by atoms with E-state index >= 15 is 0 Å². The first-order chi connectivity index (χ1) is 5.95. The Labute approximate surface area is 82.4 Å². The molecule has 0 rings (SSSR count). The van der Waals surface area contributed by atoms with Crippen molar-refractivity contribution >= 4 is 0 Å². The van der Waals surface area contributed by atoms with E-state index in [1.165, 1.54) is 0 Å². The molecule has 0 aromatic heterocycles. The molecule has 13 heavy (non-hydrogen) atoms. The highest BCUT2D eigenvalue weighted by Crippen LogP contribution is 2.05. The molecule has 1 atom stereocenters. The van der Waals surface area contributed by atoms with Crippen LogP contribution in [0.2, 0.25) is 0 Å². The smallest absolute Gasteiger partial charge is 0.0599 e. The molecule has 0 radical (unpaired) electrons. The molecule has 0 aliphatic rings. The molecule has 0 aromatic rings. The fourth-order valence-electron chi connectivity index (χ4n) is 0.996. The quantitative estimate of drug-likeness (QED) is 0.506. The van der Waals surface area contributed by atoms with Gasteiger partial charge >= 0.3 is 0 Å². The van der Waals surface area contributed by atoms with E-state index in [9.17, 15) is 0 Å². The number of rotatable bonds is 6. The summed E-state index contributed by atoms with van der Waals surface area (Å²) >= 11 is 0. The molecule has 0 fully saturated rings. The second-order valence-corrected chi connectivity index (χ2v) is 4.34. The SMILES string of the molecule is C=CCC(C)NCCOC(C)(C)C. The third-order valence-electron chi connectivity index (χ3n) is 1.65. The van der Waals surface area contributed by atoms with Crippen molar-refractivity contribution in [1.82, 2.24) is 5.32 Å². The zero-order valence-electron chi connectivity index (χ0n) is 9.39. The third-order valence-corrected chi connectivity index (χ3v) is 1.65. The van der Waals surface area contributed by atoms with Crippen molar-refractivity contribution in [2.24, 2.45) is 0 Å². The standard InChI is InChI=1S/C11H23NO/c1-6-7-10(2)12-8-9-13-11(3,4)5/h6,10,12H,1,7-9H2,2-5H3. The summed E-state index contributed by atoms with van der Waals surface area (Å²) in [5.74, 6) is 0. The van der Waals surface area contributed by atoms with E-state index in [1.807, 2.05) is 6.08 Å². The molecule has 0 aliphatic carbocycles. The molecule has 0 saturated carbocycles. The van der Waals surface area contributed by atoms with Crippen LogP contribution in [0.1, 0.15) is 34.1 Å². The average molecular weight is 185 g/mol. The highest BCUT2D eigenvalue weighted by molar-refractivity contribution is 4.74. The fourth-order valence-corrected chi connectivity index (χ4v) is 0.996. The molecular weight excluding hydrogens is 162 g/mol. The van der Waals surface area contributed by atoms with Gasteiger partial charge in [0.25, 0.3) is 0 Å². The Kier molecular flexibility index (Phi) is 6.00. The van der Waals surface area contributed by atoms with Crippen LogP contribution in [0.3, 0.4) is 0 Å². The summed E-state index contributed by atoms with van der Waals surface area (Å²) in [5.41, 5.74) is -0.0244.